The highest BCUT2D eigenvalue weighted by molar-refractivity contribution is 5.85. The predicted octanol–water partition coefficient (Wildman–Crippen LogP) is 7.20. The van der Waals surface area contributed by atoms with Gasteiger partial charge >= 0.3 is 0 Å². The molecule has 1 aromatic carbocycles. The fourth-order valence-electron chi connectivity index (χ4n) is 4.31. The van der Waals surface area contributed by atoms with Crippen LogP contribution in [0, 0.1) is 0 Å². The van der Waals surface area contributed by atoms with E-state index in [1.54, 1.807) is 12.3 Å². The minimum absolute atomic E-state index is 0.702. The van der Waals surface area contributed by atoms with Crippen molar-refractivity contribution >= 4 is 29.5 Å². The number of hydrogen-bond acceptors (Lipinski definition) is 3. The summed E-state index contributed by atoms with van der Waals surface area (Å²) in [6, 6.07) is 8.97. The Labute approximate surface area is 186 Å². The summed E-state index contributed by atoms with van der Waals surface area (Å²) in [6.45, 7) is 11.8. The van der Waals surface area contributed by atoms with Gasteiger partial charge in [0.2, 0.25) is 0 Å². The molecule has 162 valence electrons. The topological polar surface area (TPSA) is 42.2 Å². The van der Waals surface area contributed by atoms with Gasteiger partial charge in [0.05, 0.1) is 5.70 Å². The zero-order valence-corrected chi connectivity index (χ0v) is 19.1. The van der Waals surface area contributed by atoms with Gasteiger partial charge in [-0.25, -0.2) is 0 Å². The maximum absolute atomic E-state index is 4.70. The summed E-state index contributed by atoms with van der Waals surface area (Å²) in [5, 5.41) is 8.27. The van der Waals surface area contributed by atoms with Crippen molar-refractivity contribution < 1.29 is 0 Å². The van der Waals surface area contributed by atoms with Crippen LogP contribution in [0.3, 0.4) is 0 Å². The van der Waals surface area contributed by atoms with E-state index in [2.05, 4.69) is 47.7 Å². The molecule has 0 aliphatic heterocycles. The minimum Gasteiger partial charge on any atom is -0.339 e. The maximum atomic E-state index is 4.70. The van der Waals surface area contributed by atoms with Crippen molar-refractivity contribution in [1.29, 1.82) is 0 Å². The molecule has 31 heavy (non-hydrogen) atoms. The molecule has 0 saturated heterocycles. The zero-order chi connectivity index (χ0) is 22.2. The highest BCUT2D eigenvalue weighted by Crippen LogP contribution is 2.34. The number of allylic oxidation sites excluding steroid dienone is 3. The molecule has 1 N–H and O–H groups in total. The molecule has 1 aliphatic rings. The average Bonchev–Trinajstić information content (AvgIpc) is 3.12. The van der Waals surface area contributed by atoms with E-state index in [4.69, 9.17) is 5.10 Å². The third kappa shape index (κ3) is 5.13. The Hall–Kier alpha value is -3.14. The van der Waals surface area contributed by atoms with Crippen LogP contribution in [0.5, 0.6) is 0 Å². The van der Waals surface area contributed by atoms with Crippen molar-refractivity contribution in [3.63, 3.8) is 0 Å². The summed E-state index contributed by atoms with van der Waals surface area (Å²) in [4.78, 5) is 4.46. The van der Waals surface area contributed by atoms with Crippen LogP contribution < -0.4 is 5.32 Å². The van der Waals surface area contributed by atoms with Crippen molar-refractivity contribution in [1.82, 2.24) is 9.78 Å². The van der Waals surface area contributed by atoms with E-state index in [0.717, 1.165) is 34.0 Å². The van der Waals surface area contributed by atoms with Gasteiger partial charge in [0.1, 0.15) is 11.5 Å². The van der Waals surface area contributed by atoms with Gasteiger partial charge in [0, 0.05) is 24.5 Å². The number of nitrogens with one attached hydrogen (secondary N) is 1. The van der Waals surface area contributed by atoms with E-state index in [1.165, 1.54) is 37.7 Å². The van der Waals surface area contributed by atoms with Gasteiger partial charge in [-0.15, -0.1) is 0 Å². The third-order valence-electron chi connectivity index (χ3n) is 5.91. The van der Waals surface area contributed by atoms with Gasteiger partial charge in [0.15, 0.2) is 0 Å². The lowest BCUT2D eigenvalue weighted by Gasteiger charge is -2.22. The largest absolute Gasteiger partial charge is 0.339 e. The quantitative estimate of drug-likeness (QED) is 0.366. The molecular formula is C27H34N4. The summed E-state index contributed by atoms with van der Waals surface area (Å²) in [6.07, 6.45) is 16.1. The molecule has 0 atom stereocenters. The smallest absolute Gasteiger partial charge is 0.136 e. The zero-order valence-electron chi connectivity index (χ0n) is 19.1. The molecule has 0 amide bonds. The number of nitrogens with zero attached hydrogens (tertiary/aromatic N) is 3. The Balaban J connectivity index is 1.92. The molecule has 0 bridgehead atoms. The molecular weight excluding hydrogens is 380 g/mol. The monoisotopic (exact) mass is 414 g/mol. The fraction of sp³-hybridized carbons (Fsp3) is 0.333. The van der Waals surface area contributed by atoms with E-state index in [1.807, 2.05) is 43.8 Å². The normalized spacial score (nSPS) is 16.0. The van der Waals surface area contributed by atoms with Crippen molar-refractivity contribution in [2.45, 2.75) is 51.9 Å². The van der Waals surface area contributed by atoms with E-state index in [9.17, 15) is 0 Å². The predicted molar refractivity (Wildman–Crippen MR) is 135 cm³/mol. The van der Waals surface area contributed by atoms with Crippen LogP contribution in [0.15, 0.2) is 60.6 Å². The Kier molecular flexibility index (Phi) is 7.82. The molecule has 1 saturated carbocycles. The second-order valence-electron chi connectivity index (χ2n) is 7.90. The van der Waals surface area contributed by atoms with Gasteiger partial charge in [0.25, 0.3) is 0 Å². The molecule has 3 rings (SSSR count). The molecule has 1 aromatic heterocycles. The average molecular weight is 415 g/mol. The number of rotatable bonds is 8. The van der Waals surface area contributed by atoms with E-state index >= 15 is 0 Å². The molecule has 1 fully saturated rings. The van der Waals surface area contributed by atoms with E-state index in [0.29, 0.717) is 5.92 Å². The van der Waals surface area contributed by atoms with Crippen molar-refractivity contribution in [3.05, 3.63) is 78.0 Å². The summed E-state index contributed by atoms with van der Waals surface area (Å²) in [5.74, 6) is 1.58. The maximum Gasteiger partial charge on any atom is 0.136 e. The molecule has 0 radical (unpaired) electrons. The number of aryl methyl sites for hydroxylation is 1. The molecule has 4 heteroatoms. The first-order valence-electron chi connectivity index (χ1n) is 11.2. The van der Waals surface area contributed by atoms with Gasteiger partial charge in [-0.05, 0) is 49.8 Å². The minimum atomic E-state index is 0.702. The number of aromatic nitrogens is 2. The summed E-state index contributed by atoms with van der Waals surface area (Å²) in [7, 11) is 1.93. The molecule has 2 aromatic rings. The lowest BCUT2D eigenvalue weighted by Crippen LogP contribution is -2.06. The first-order chi connectivity index (χ1) is 15.1. The van der Waals surface area contributed by atoms with Crippen LogP contribution >= 0.6 is 0 Å². The lowest BCUT2D eigenvalue weighted by molar-refractivity contribution is 0.443. The number of aliphatic imine (C=N–C) groups is 1. The summed E-state index contributed by atoms with van der Waals surface area (Å²) < 4.78 is 1.84. The molecule has 0 spiro atoms. The van der Waals surface area contributed by atoms with Crippen molar-refractivity contribution in [2.75, 3.05) is 5.32 Å². The Morgan fingerprint density at radius 1 is 1.13 bits per heavy atom. The van der Waals surface area contributed by atoms with Crippen LogP contribution in [0.4, 0.5) is 5.82 Å². The molecule has 1 heterocycles. The van der Waals surface area contributed by atoms with Gasteiger partial charge in [-0.1, -0.05) is 74.9 Å². The van der Waals surface area contributed by atoms with Gasteiger partial charge in [-0.3, -0.25) is 9.67 Å². The standard InChI is InChI=1S/C27H34N4/c1-6-13-25(22-18-16-21(17-19-22)20-14-11-10-12-15-20)29-27-23(7-2)26(30-31(27)5)24(8-3)28-9-4/h6-9,13,16-20,29H,1-2,10-12,14-15H2,3-5H3/b24-8-,25-13-,28-9-. The second-order valence-corrected chi connectivity index (χ2v) is 7.90. The third-order valence-corrected chi connectivity index (χ3v) is 5.91. The fourth-order valence-corrected chi connectivity index (χ4v) is 4.31. The van der Waals surface area contributed by atoms with E-state index < -0.39 is 0 Å². The first-order valence-corrected chi connectivity index (χ1v) is 11.2. The van der Waals surface area contributed by atoms with Crippen LogP contribution in [0.1, 0.15) is 74.3 Å². The highest BCUT2D eigenvalue weighted by atomic mass is 15.3. The number of benzene rings is 1. The Morgan fingerprint density at radius 3 is 2.42 bits per heavy atom. The second kappa shape index (κ2) is 10.8. The molecule has 4 nitrogen and oxygen atoms in total. The number of hydrogen-bond donors (Lipinski definition) is 1. The van der Waals surface area contributed by atoms with Gasteiger partial charge < -0.3 is 5.32 Å². The van der Waals surface area contributed by atoms with Crippen molar-refractivity contribution in [3.8, 4) is 0 Å². The SMILES string of the molecule is C=C/C=C(\Nc1c(C=C)c(C(=C/C)/N=C\C)nn1C)c1ccc(C2CCCCC2)cc1. The van der Waals surface area contributed by atoms with E-state index in [-0.39, 0.29) is 0 Å². The molecule has 0 unspecified atom stereocenters. The molecule has 1 aliphatic carbocycles. The first kappa shape index (κ1) is 22.5. The number of anilines is 1. The van der Waals surface area contributed by atoms with Crippen LogP contribution in [-0.4, -0.2) is 16.0 Å². The van der Waals surface area contributed by atoms with Crippen LogP contribution in [-0.2, 0) is 7.05 Å². The Morgan fingerprint density at radius 2 is 1.84 bits per heavy atom. The van der Waals surface area contributed by atoms with Crippen LogP contribution in [0.2, 0.25) is 0 Å². The highest BCUT2D eigenvalue weighted by Gasteiger charge is 2.19. The van der Waals surface area contributed by atoms with Crippen LogP contribution in [0.25, 0.3) is 17.5 Å². The van der Waals surface area contributed by atoms with Crippen molar-refractivity contribution in [2.24, 2.45) is 12.0 Å². The van der Waals surface area contributed by atoms with Gasteiger partial charge in [-0.2, -0.15) is 5.10 Å². The summed E-state index contributed by atoms with van der Waals surface area (Å²) in [5.41, 5.74) is 6.11. The summed E-state index contributed by atoms with van der Waals surface area (Å²) >= 11 is 0. The Bertz CT molecular complexity index is 997. The lowest BCUT2D eigenvalue weighted by atomic mass is 9.84.